The molecule has 118 valence electrons. The number of nitrogens with zero attached hydrogens (tertiary/aromatic N) is 5. The Morgan fingerprint density at radius 2 is 2.22 bits per heavy atom. The minimum atomic E-state index is 0.349. The summed E-state index contributed by atoms with van der Waals surface area (Å²) >= 11 is 0. The number of anilines is 3. The van der Waals surface area contributed by atoms with Gasteiger partial charge in [0.1, 0.15) is 23.8 Å². The van der Waals surface area contributed by atoms with Gasteiger partial charge >= 0.3 is 0 Å². The molecule has 0 aromatic carbocycles. The van der Waals surface area contributed by atoms with E-state index < -0.39 is 0 Å². The summed E-state index contributed by atoms with van der Waals surface area (Å²) in [7, 11) is 1.85. The Hall–Kier alpha value is -2.88. The first kappa shape index (κ1) is 15.0. The van der Waals surface area contributed by atoms with E-state index in [0.717, 1.165) is 43.4 Å². The third-order valence-corrected chi connectivity index (χ3v) is 3.99. The van der Waals surface area contributed by atoms with E-state index in [-0.39, 0.29) is 0 Å². The highest BCUT2D eigenvalue weighted by molar-refractivity contribution is 5.50. The second kappa shape index (κ2) is 6.92. The number of aromatic nitrogens is 3. The smallest absolute Gasteiger partial charge is 0.134 e. The molecule has 0 radical (unpaired) electrons. The monoisotopic (exact) mass is 309 g/mol. The Labute approximate surface area is 135 Å². The van der Waals surface area contributed by atoms with Crippen molar-refractivity contribution >= 4 is 17.5 Å². The van der Waals surface area contributed by atoms with Gasteiger partial charge in [-0.2, -0.15) is 5.26 Å². The maximum atomic E-state index is 8.95. The van der Waals surface area contributed by atoms with Crippen molar-refractivity contribution in [2.24, 2.45) is 0 Å². The Morgan fingerprint density at radius 1 is 1.30 bits per heavy atom. The Bertz CT molecular complexity index is 710. The van der Waals surface area contributed by atoms with Gasteiger partial charge in [0.15, 0.2) is 0 Å². The van der Waals surface area contributed by atoms with Gasteiger partial charge in [-0.15, -0.1) is 0 Å². The van der Waals surface area contributed by atoms with E-state index >= 15 is 0 Å². The molecule has 0 spiro atoms. The molecule has 1 fully saturated rings. The summed E-state index contributed by atoms with van der Waals surface area (Å²) in [4.78, 5) is 15.1. The average Bonchev–Trinajstić information content (AvgIpc) is 3.09. The number of rotatable bonds is 5. The van der Waals surface area contributed by atoms with Crippen molar-refractivity contribution < 1.29 is 0 Å². The van der Waals surface area contributed by atoms with Crippen LogP contribution in [-0.2, 0) is 0 Å². The summed E-state index contributed by atoms with van der Waals surface area (Å²) in [5, 5.41) is 15.3. The summed E-state index contributed by atoms with van der Waals surface area (Å²) in [6, 6.07) is 7.91. The summed E-state index contributed by atoms with van der Waals surface area (Å²) in [6.07, 6.45) is 5.47. The summed E-state index contributed by atoms with van der Waals surface area (Å²) in [5.74, 6) is 2.49. The van der Waals surface area contributed by atoms with Crippen LogP contribution < -0.4 is 15.5 Å². The van der Waals surface area contributed by atoms with Gasteiger partial charge in [0.05, 0.1) is 11.6 Å². The molecule has 2 aromatic heterocycles. The molecule has 0 saturated carbocycles. The SMILES string of the molecule is CNc1cc(N2CCCC2CNc2cc(C#N)ccn2)ncn1. The highest BCUT2D eigenvalue weighted by Crippen LogP contribution is 2.25. The molecule has 3 heterocycles. The van der Waals surface area contributed by atoms with Crippen molar-refractivity contribution in [3.05, 3.63) is 36.3 Å². The molecule has 1 saturated heterocycles. The molecular formula is C16H19N7. The molecule has 0 bridgehead atoms. The molecule has 1 aliphatic heterocycles. The molecule has 1 unspecified atom stereocenters. The Morgan fingerprint density at radius 3 is 3.04 bits per heavy atom. The lowest BCUT2D eigenvalue weighted by Crippen LogP contribution is -2.35. The van der Waals surface area contributed by atoms with E-state index in [1.807, 2.05) is 13.1 Å². The minimum Gasteiger partial charge on any atom is -0.373 e. The highest BCUT2D eigenvalue weighted by atomic mass is 15.3. The van der Waals surface area contributed by atoms with Gasteiger partial charge in [-0.3, -0.25) is 0 Å². The van der Waals surface area contributed by atoms with Crippen molar-refractivity contribution in [2.75, 3.05) is 35.7 Å². The third kappa shape index (κ3) is 3.48. The van der Waals surface area contributed by atoms with Gasteiger partial charge in [-0.1, -0.05) is 0 Å². The number of nitrogens with one attached hydrogen (secondary N) is 2. The van der Waals surface area contributed by atoms with Crippen LogP contribution >= 0.6 is 0 Å². The fourth-order valence-electron chi connectivity index (χ4n) is 2.81. The largest absolute Gasteiger partial charge is 0.373 e. The zero-order valence-electron chi connectivity index (χ0n) is 13.0. The molecule has 23 heavy (non-hydrogen) atoms. The van der Waals surface area contributed by atoms with Crippen LogP contribution in [0.25, 0.3) is 0 Å². The summed E-state index contributed by atoms with van der Waals surface area (Å²) < 4.78 is 0. The van der Waals surface area contributed by atoms with Crippen molar-refractivity contribution in [3.63, 3.8) is 0 Å². The van der Waals surface area contributed by atoms with Crippen LogP contribution in [0, 0.1) is 11.3 Å². The highest BCUT2D eigenvalue weighted by Gasteiger charge is 2.25. The topological polar surface area (TPSA) is 89.8 Å². The van der Waals surface area contributed by atoms with E-state index in [0.29, 0.717) is 11.6 Å². The van der Waals surface area contributed by atoms with E-state index in [2.05, 4.69) is 36.6 Å². The van der Waals surface area contributed by atoms with E-state index in [4.69, 9.17) is 5.26 Å². The number of nitriles is 1. The van der Waals surface area contributed by atoms with Gasteiger partial charge in [0.2, 0.25) is 0 Å². The van der Waals surface area contributed by atoms with Crippen LogP contribution in [-0.4, -0.2) is 41.1 Å². The maximum Gasteiger partial charge on any atom is 0.134 e. The van der Waals surface area contributed by atoms with Gasteiger partial charge in [0, 0.05) is 38.4 Å². The molecule has 2 aromatic rings. The fourth-order valence-corrected chi connectivity index (χ4v) is 2.81. The van der Waals surface area contributed by atoms with Crippen LogP contribution in [0.2, 0.25) is 0 Å². The van der Waals surface area contributed by atoms with E-state index in [1.54, 1.807) is 24.7 Å². The fraction of sp³-hybridized carbons (Fsp3) is 0.375. The van der Waals surface area contributed by atoms with Crippen LogP contribution in [0.15, 0.2) is 30.7 Å². The average molecular weight is 309 g/mol. The first-order valence-corrected chi connectivity index (χ1v) is 7.66. The first-order valence-electron chi connectivity index (χ1n) is 7.66. The van der Waals surface area contributed by atoms with Crippen LogP contribution in [0.3, 0.4) is 0 Å². The van der Waals surface area contributed by atoms with E-state index in [1.165, 1.54) is 0 Å². The Balaban J connectivity index is 1.68. The molecule has 1 atom stereocenters. The molecule has 1 aliphatic rings. The lowest BCUT2D eigenvalue weighted by atomic mass is 10.2. The predicted octanol–water partition coefficient (Wildman–Crippen LogP) is 1.87. The van der Waals surface area contributed by atoms with E-state index in [9.17, 15) is 0 Å². The molecular weight excluding hydrogens is 290 g/mol. The Kier molecular flexibility index (Phi) is 4.52. The zero-order chi connectivity index (χ0) is 16.1. The molecule has 0 aliphatic carbocycles. The van der Waals surface area contributed by atoms with Crippen molar-refractivity contribution in [1.29, 1.82) is 5.26 Å². The van der Waals surface area contributed by atoms with Gasteiger partial charge in [0.25, 0.3) is 0 Å². The standard InChI is InChI=1S/C16H19N7/c1-18-14-8-16(22-11-21-14)23-6-2-3-13(23)10-20-15-7-12(9-17)4-5-19-15/h4-5,7-8,11,13H,2-3,6,10H2,1H3,(H,19,20)(H,18,21,22). The quantitative estimate of drug-likeness (QED) is 0.871. The second-order valence-corrected chi connectivity index (χ2v) is 5.42. The number of hydrogen-bond donors (Lipinski definition) is 2. The summed E-state index contributed by atoms with van der Waals surface area (Å²) in [5.41, 5.74) is 0.611. The van der Waals surface area contributed by atoms with Gasteiger partial charge < -0.3 is 15.5 Å². The lowest BCUT2D eigenvalue weighted by Gasteiger charge is -2.26. The van der Waals surface area contributed by atoms with Crippen molar-refractivity contribution in [2.45, 2.75) is 18.9 Å². The number of hydrogen-bond acceptors (Lipinski definition) is 7. The minimum absolute atomic E-state index is 0.349. The first-order chi connectivity index (χ1) is 11.3. The number of pyridine rings is 1. The normalized spacial score (nSPS) is 16.9. The third-order valence-electron chi connectivity index (χ3n) is 3.99. The lowest BCUT2D eigenvalue weighted by molar-refractivity contribution is 0.689. The van der Waals surface area contributed by atoms with Crippen LogP contribution in [0.1, 0.15) is 18.4 Å². The van der Waals surface area contributed by atoms with Gasteiger partial charge in [-0.25, -0.2) is 15.0 Å². The maximum absolute atomic E-state index is 8.95. The van der Waals surface area contributed by atoms with Crippen molar-refractivity contribution in [1.82, 2.24) is 15.0 Å². The second-order valence-electron chi connectivity index (χ2n) is 5.42. The molecule has 7 heteroatoms. The molecule has 7 nitrogen and oxygen atoms in total. The zero-order valence-corrected chi connectivity index (χ0v) is 13.0. The predicted molar refractivity (Wildman–Crippen MR) is 89.4 cm³/mol. The van der Waals surface area contributed by atoms with Gasteiger partial charge in [-0.05, 0) is 25.0 Å². The molecule has 0 amide bonds. The van der Waals surface area contributed by atoms with Crippen molar-refractivity contribution in [3.8, 4) is 6.07 Å². The van der Waals surface area contributed by atoms with Crippen LogP contribution in [0.5, 0.6) is 0 Å². The molecule has 3 rings (SSSR count). The summed E-state index contributed by atoms with van der Waals surface area (Å²) in [6.45, 7) is 1.75. The van der Waals surface area contributed by atoms with Crippen LogP contribution in [0.4, 0.5) is 17.5 Å². The molecule has 2 N–H and O–H groups in total.